The number of rotatable bonds is 6. The summed E-state index contributed by atoms with van der Waals surface area (Å²) in [5.41, 5.74) is 7.21. The third-order valence-corrected chi connectivity index (χ3v) is 6.30. The van der Waals surface area contributed by atoms with E-state index in [1.807, 2.05) is 61.5 Å². The number of benzene rings is 2. The SMILES string of the molecule is CN(C)CC(=O)Nc1cncc(-c2ccc3[nH]nc(-c4cc5c(-c6cccc(F)c6)ccnc5[nH]4)c3c2)c1. The van der Waals surface area contributed by atoms with Gasteiger partial charge >= 0.3 is 0 Å². The van der Waals surface area contributed by atoms with Crippen LogP contribution in [0.4, 0.5) is 10.1 Å². The predicted molar refractivity (Wildman–Crippen MR) is 147 cm³/mol. The lowest BCUT2D eigenvalue weighted by atomic mass is 10.0. The maximum Gasteiger partial charge on any atom is 0.238 e. The van der Waals surface area contributed by atoms with Gasteiger partial charge in [-0.1, -0.05) is 18.2 Å². The van der Waals surface area contributed by atoms with Crippen molar-refractivity contribution >= 4 is 33.5 Å². The average molecular weight is 506 g/mol. The Hall–Kier alpha value is -4.89. The van der Waals surface area contributed by atoms with Crippen LogP contribution in [0.5, 0.6) is 0 Å². The summed E-state index contributed by atoms with van der Waals surface area (Å²) in [4.78, 5) is 26.2. The number of pyridine rings is 2. The Bertz CT molecular complexity index is 1800. The van der Waals surface area contributed by atoms with Crippen LogP contribution in [-0.4, -0.2) is 56.6 Å². The molecule has 4 heterocycles. The van der Waals surface area contributed by atoms with E-state index < -0.39 is 0 Å². The molecule has 0 bridgehead atoms. The molecule has 0 aliphatic rings. The van der Waals surface area contributed by atoms with E-state index in [-0.39, 0.29) is 18.3 Å². The number of hydrogen-bond donors (Lipinski definition) is 3. The molecule has 3 N–H and O–H groups in total. The van der Waals surface area contributed by atoms with Gasteiger partial charge in [0.15, 0.2) is 0 Å². The van der Waals surface area contributed by atoms with Crippen molar-refractivity contribution in [2.75, 3.05) is 26.0 Å². The van der Waals surface area contributed by atoms with Crippen LogP contribution < -0.4 is 5.32 Å². The van der Waals surface area contributed by atoms with E-state index in [1.165, 1.54) is 12.1 Å². The van der Waals surface area contributed by atoms with E-state index in [0.717, 1.165) is 49.9 Å². The van der Waals surface area contributed by atoms with Crippen molar-refractivity contribution in [2.24, 2.45) is 0 Å². The van der Waals surface area contributed by atoms with Gasteiger partial charge in [-0.3, -0.25) is 14.9 Å². The molecular formula is C29H24FN7O. The van der Waals surface area contributed by atoms with Crippen LogP contribution in [0.25, 0.3) is 55.6 Å². The average Bonchev–Trinajstić information content (AvgIpc) is 3.52. The van der Waals surface area contributed by atoms with Gasteiger partial charge in [0, 0.05) is 28.7 Å². The Kier molecular flexibility index (Phi) is 5.89. The van der Waals surface area contributed by atoms with Crippen molar-refractivity contribution in [3.05, 3.63) is 85.1 Å². The Balaban J connectivity index is 1.38. The molecule has 9 heteroatoms. The molecule has 0 aliphatic carbocycles. The summed E-state index contributed by atoms with van der Waals surface area (Å²) < 4.78 is 13.9. The van der Waals surface area contributed by atoms with E-state index in [9.17, 15) is 9.18 Å². The minimum Gasteiger partial charge on any atom is -0.338 e. The van der Waals surface area contributed by atoms with Crippen LogP contribution in [0.15, 0.2) is 79.3 Å². The molecule has 8 nitrogen and oxygen atoms in total. The molecule has 188 valence electrons. The highest BCUT2D eigenvalue weighted by Crippen LogP contribution is 2.35. The molecule has 6 aromatic rings. The van der Waals surface area contributed by atoms with Crippen LogP contribution >= 0.6 is 0 Å². The van der Waals surface area contributed by atoms with Crippen LogP contribution in [0.2, 0.25) is 0 Å². The number of aromatic amines is 2. The lowest BCUT2D eigenvalue weighted by Gasteiger charge is -2.11. The second kappa shape index (κ2) is 9.53. The number of anilines is 1. The largest absolute Gasteiger partial charge is 0.338 e. The van der Waals surface area contributed by atoms with Gasteiger partial charge in [0.25, 0.3) is 0 Å². The monoisotopic (exact) mass is 505 g/mol. The first-order valence-electron chi connectivity index (χ1n) is 12.1. The first-order chi connectivity index (χ1) is 18.4. The molecule has 6 rings (SSSR count). The summed E-state index contributed by atoms with van der Waals surface area (Å²) >= 11 is 0. The highest BCUT2D eigenvalue weighted by Gasteiger charge is 2.15. The lowest BCUT2D eigenvalue weighted by molar-refractivity contribution is -0.116. The molecule has 2 aromatic carbocycles. The van der Waals surface area contributed by atoms with Crippen molar-refractivity contribution in [1.29, 1.82) is 0 Å². The van der Waals surface area contributed by atoms with Gasteiger partial charge in [0.2, 0.25) is 5.91 Å². The molecule has 38 heavy (non-hydrogen) atoms. The molecule has 0 fully saturated rings. The van der Waals surface area contributed by atoms with Gasteiger partial charge in [-0.2, -0.15) is 5.10 Å². The van der Waals surface area contributed by atoms with Gasteiger partial charge in [-0.25, -0.2) is 9.37 Å². The van der Waals surface area contributed by atoms with Crippen molar-refractivity contribution in [3.8, 4) is 33.6 Å². The summed E-state index contributed by atoms with van der Waals surface area (Å²) in [6, 6.07) is 18.3. The van der Waals surface area contributed by atoms with E-state index in [0.29, 0.717) is 11.3 Å². The number of amides is 1. The van der Waals surface area contributed by atoms with Crippen LogP contribution in [0.3, 0.4) is 0 Å². The third-order valence-electron chi connectivity index (χ3n) is 6.30. The minimum absolute atomic E-state index is 0.105. The molecule has 0 unspecified atom stereocenters. The maximum atomic E-state index is 13.9. The number of hydrogen-bond acceptors (Lipinski definition) is 5. The number of nitrogens with zero attached hydrogens (tertiary/aromatic N) is 4. The number of nitrogens with one attached hydrogen (secondary N) is 3. The maximum absolute atomic E-state index is 13.9. The number of H-pyrrole nitrogens is 2. The highest BCUT2D eigenvalue weighted by molar-refractivity contribution is 6.01. The van der Waals surface area contributed by atoms with Crippen molar-refractivity contribution < 1.29 is 9.18 Å². The fraction of sp³-hybridized carbons (Fsp3) is 0.103. The molecule has 0 aliphatic heterocycles. The van der Waals surface area contributed by atoms with Crippen LogP contribution in [0, 0.1) is 5.82 Å². The van der Waals surface area contributed by atoms with Crippen LogP contribution in [-0.2, 0) is 4.79 Å². The smallest absolute Gasteiger partial charge is 0.238 e. The molecule has 0 saturated heterocycles. The number of carbonyl (C=O) groups excluding carboxylic acids is 1. The van der Waals surface area contributed by atoms with Crippen molar-refractivity contribution in [2.45, 2.75) is 0 Å². The van der Waals surface area contributed by atoms with E-state index in [1.54, 1.807) is 24.7 Å². The second-order valence-electron chi connectivity index (χ2n) is 9.39. The lowest BCUT2D eigenvalue weighted by Crippen LogP contribution is -2.27. The minimum atomic E-state index is -0.287. The summed E-state index contributed by atoms with van der Waals surface area (Å²) in [6.07, 6.45) is 5.11. The van der Waals surface area contributed by atoms with E-state index in [4.69, 9.17) is 0 Å². The van der Waals surface area contributed by atoms with Gasteiger partial charge in [0.05, 0.1) is 29.6 Å². The fourth-order valence-electron chi connectivity index (χ4n) is 4.62. The number of carbonyl (C=O) groups is 1. The normalized spacial score (nSPS) is 11.5. The number of halogens is 1. The number of aromatic nitrogens is 5. The van der Waals surface area contributed by atoms with Crippen molar-refractivity contribution in [3.63, 3.8) is 0 Å². The molecule has 0 atom stereocenters. The number of fused-ring (bicyclic) bond motifs is 2. The predicted octanol–water partition coefficient (Wildman–Crippen LogP) is 5.47. The number of likely N-dealkylation sites (N-methyl/N-ethyl adjacent to an activating group) is 1. The van der Waals surface area contributed by atoms with Gasteiger partial charge in [0.1, 0.15) is 17.2 Å². The van der Waals surface area contributed by atoms with Crippen molar-refractivity contribution in [1.82, 2.24) is 30.0 Å². The zero-order valence-corrected chi connectivity index (χ0v) is 20.8. The molecular weight excluding hydrogens is 481 g/mol. The molecule has 0 spiro atoms. The molecule has 0 saturated carbocycles. The fourth-order valence-corrected chi connectivity index (χ4v) is 4.62. The second-order valence-corrected chi connectivity index (χ2v) is 9.39. The first-order valence-corrected chi connectivity index (χ1v) is 12.1. The Morgan fingerprint density at radius 3 is 2.71 bits per heavy atom. The standard InChI is InChI=1S/C29H24FN7O/c1-37(2)16-27(38)33-21-11-19(14-31-15-21)17-6-7-25-24(12-17)28(36-35-25)26-13-23-22(8-9-32-29(23)34-26)18-4-3-5-20(30)10-18/h3-15H,16H2,1-2H3,(H,32,34)(H,33,38)(H,35,36). The molecule has 4 aromatic heterocycles. The Labute approximate surface area is 217 Å². The Morgan fingerprint density at radius 2 is 1.87 bits per heavy atom. The molecule has 1 amide bonds. The molecule has 0 radical (unpaired) electrons. The zero-order valence-electron chi connectivity index (χ0n) is 20.8. The summed E-state index contributed by atoms with van der Waals surface area (Å²) in [5.74, 6) is -0.392. The summed E-state index contributed by atoms with van der Waals surface area (Å²) in [5, 5.41) is 12.4. The first kappa shape index (κ1) is 23.5. The van der Waals surface area contributed by atoms with Crippen LogP contribution in [0.1, 0.15) is 0 Å². The van der Waals surface area contributed by atoms with E-state index >= 15 is 0 Å². The highest BCUT2D eigenvalue weighted by atomic mass is 19.1. The van der Waals surface area contributed by atoms with Gasteiger partial charge < -0.3 is 15.2 Å². The Morgan fingerprint density at radius 1 is 0.974 bits per heavy atom. The summed E-state index contributed by atoms with van der Waals surface area (Å²) in [7, 11) is 3.69. The zero-order chi connectivity index (χ0) is 26.2. The van der Waals surface area contributed by atoms with Gasteiger partial charge in [-0.05, 0) is 73.3 Å². The third kappa shape index (κ3) is 4.51. The van der Waals surface area contributed by atoms with E-state index in [2.05, 4.69) is 30.5 Å². The topological polar surface area (TPSA) is 103 Å². The quantitative estimate of drug-likeness (QED) is 0.278. The summed E-state index contributed by atoms with van der Waals surface area (Å²) in [6.45, 7) is 0.287. The van der Waals surface area contributed by atoms with Gasteiger partial charge in [-0.15, -0.1) is 0 Å².